The van der Waals surface area contributed by atoms with Gasteiger partial charge in [-0.05, 0) is 0 Å². The predicted molar refractivity (Wildman–Crippen MR) is 32.3 cm³/mol. The largest absolute Gasteiger partial charge is 0.481 e. The molecule has 0 fully saturated rings. The molecule has 0 unspecified atom stereocenters. The van der Waals surface area contributed by atoms with Gasteiger partial charge in [0.1, 0.15) is 0 Å². The Labute approximate surface area is 48.2 Å². The maximum atomic E-state index is 9.00. The smallest absolute Gasteiger partial charge is 0.300 e. The summed E-state index contributed by atoms with van der Waals surface area (Å²) >= 11 is 0. The summed E-state index contributed by atoms with van der Waals surface area (Å²) in [5, 5.41) is 13.6. The molecule has 2 N–H and O–H groups in total. The lowest BCUT2D eigenvalue weighted by atomic mass is 10.7. The van der Waals surface area contributed by atoms with Gasteiger partial charge in [0.2, 0.25) is 0 Å². The van der Waals surface area contributed by atoms with Crippen LogP contribution in [0.3, 0.4) is 0 Å². The third kappa shape index (κ3) is 5100. The maximum Gasteiger partial charge on any atom is 0.300 e. The van der Waals surface area contributed by atoms with E-state index in [1.807, 2.05) is 0 Å². The first-order valence-corrected chi connectivity index (χ1v) is 1.96. The van der Waals surface area contributed by atoms with Gasteiger partial charge >= 0.3 is 0 Å². The Bertz CT molecular complexity index is 78.4. The van der Waals surface area contributed by atoms with Crippen molar-refractivity contribution in [1.29, 1.82) is 5.41 Å². The third-order valence-electron chi connectivity index (χ3n) is 0.118. The van der Waals surface area contributed by atoms with Gasteiger partial charge in [0.15, 0.2) is 0 Å². The highest BCUT2D eigenvalue weighted by molar-refractivity contribution is 5.66. The second-order valence-corrected chi connectivity index (χ2v) is 0.921. The maximum absolute atomic E-state index is 9.00. The van der Waals surface area contributed by atoms with E-state index >= 15 is 0 Å². The number of hydrogen-bond acceptors (Lipinski definition) is 2. The van der Waals surface area contributed by atoms with Crippen LogP contribution < -0.4 is 0 Å². The minimum absolute atomic E-state index is 0.833. The average molecular weight is 115 g/mol. The standard InChI is InChI=1S/C3H5N.C2H4O2/c1-2-3-4;1-2(3)4/h2-4H,1H2;1H3,(H,3,4). The van der Waals surface area contributed by atoms with E-state index in [1.54, 1.807) is 0 Å². The Hall–Kier alpha value is -1.12. The summed E-state index contributed by atoms with van der Waals surface area (Å²) in [6.07, 6.45) is 2.56. The van der Waals surface area contributed by atoms with Gasteiger partial charge in [0.05, 0.1) is 0 Å². The molecule has 0 aliphatic carbocycles. The molecule has 0 rings (SSSR count). The quantitative estimate of drug-likeness (QED) is 0.499. The van der Waals surface area contributed by atoms with E-state index in [0.29, 0.717) is 0 Å². The van der Waals surface area contributed by atoms with Crippen LogP contribution in [0.15, 0.2) is 12.7 Å². The first-order chi connectivity index (χ1) is 3.65. The number of nitrogens with one attached hydrogen (secondary N) is 1. The third-order valence-corrected chi connectivity index (χ3v) is 0.118. The van der Waals surface area contributed by atoms with E-state index in [2.05, 4.69) is 6.58 Å². The van der Waals surface area contributed by atoms with Gasteiger partial charge in [-0.2, -0.15) is 0 Å². The zero-order chi connectivity index (χ0) is 6.99. The molecular formula is C5H9NO2. The van der Waals surface area contributed by atoms with Crippen molar-refractivity contribution < 1.29 is 9.90 Å². The van der Waals surface area contributed by atoms with Crippen LogP contribution in [-0.2, 0) is 4.79 Å². The molecule has 3 nitrogen and oxygen atoms in total. The Morgan fingerprint density at radius 2 is 2.00 bits per heavy atom. The number of carbonyl (C=O) groups is 1. The number of hydrogen-bond donors (Lipinski definition) is 2. The molecule has 0 heterocycles. The number of allylic oxidation sites excluding steroid dienone is 1. The first-order valence-electron chi connectivity index (χ1n) is 1.96. The molecule has 0 aromatic rings. The number of rotatable bonds is 1. The van der Waals surface area contributed by atoms with Gasteiger partial charge in [-0.3, -0.25) is 4.79 Å². The highest BCUT2D eigenvalue weighted by Crippen LogP contribution is 1.42. The van der Waals surface area contributed by atoms with Crippen molar-refractivity contribution in [3.8, 4) is 0 Å². The molecule has 3 heteroatoms. The van der Waals surface area contributed by atoms with Crippen molar-refractivity contribution >= 4 is 12.2 Å². The monoisotopic (exact) mass is 115 g/mol. The molecule has 0 radical (unpaired) electrons. The topological polar surface area (TPSA) is 61.2 Å². The molecule has 0 saturated carbocycles. The molecule has 0 aromatic heterocycles. The zero-order valence-electron chi connectivity index (χ0n) is 4.72. The fourth-order valence-electron chi connectivity index (χ4n) is 0. The summed E-state index contributed by atoms with van der Waals surface area (Å²) in [5.74, 6) is -0.833. The fourth-order valence-corrected chi connectivity index (χ4v) is 0. The Balaban J connectivity index is 0. The molecule has 8 heavy (non-hydrogen) atoms. The van der Waals surface area contributed by atoms with Gasteiger partial charge in [-0.1, -0.05) is 12.7 Å². The van der Waals surface area contributed by atoms with Crippen molar-refractivity contribution in [2.75, 3.05) is 0 Å². The minimum atomic E-state index is -0.833. The van der Waals surface area contributed by atoms with Crippen molar-refractivity contribution in [3.63, 3.8) is 0 Å². The van der Waals surface area contributed by atoms with Gasteiger partial charge < -0.3 is 10.5 Å². The lowest BCUT2D eigenvalue weighted by molar-refractivity contribution is -0.134. The summed E-state index contributed by atoms with van der Waals surface area (Å²) in [6, 6.07) is 0. The Morgan fingerprint density at radius 1 is 1.88 bits per heavy atom. The van der Waals surface area contributed by atoms with Crippen LogP contribution in [0.2, 0.25) is 0 Å². The molecule has 0 saturated heterocycles. The molecule has 0 spiro atoms. The molecule has 0 aromatic carbocycles. The highest BCUT2D eigenvalue weighted by atomic mass is 16.4. The van der Waals surface area contributed by atoms with Crippen molar-refractivity contribution in [2.24, 2.45) is 0 Å². The lowest BCUT2D eigenvalue weighted by Gasteiger charge is -1.59. The van der Waals surface area contributed by atoms with E-state index in [1.165, 1.54) is 6.08 Å². The van der Waals surface area contributed by atoms with Crippen molar-refractivity contribution in [2.45, 2.75) is 6.92 Å². The second kappa shape index (κ2) is 9.30. The van der Waals surface area contributed by atoms with Gasteiger partial charge in [0.25, 0.3) is 5.97 Å². The predicted octanol–water partition coefficient (Wildman–Crippen LogP) is 0.913. The molecule has 46 valence electrons. The summed E-state index contributed by atoms with van der Waals surface area (Å²) < 4.78 is 0. The van der Waals surface area contributed by atoms with Crippen LogP contribution in [0, 0.1) is 5.41 Å². The Kier molecular flexibility index (Phi) is 11.6. The van der Waals surface area contributed by atoms with Gasteiger partial charge in [0, 0.05) is 13.1 Å². The molecule has 0 aliphatic rings. The normalized spacial score (nSPS) is 5.62. The van der Waals surface area contributed by atoms with Crippen LogP contribution in [0.25, 0.3) is 0 Å². The van der Waals surface area contributed by atoms with Crippen molar-refractivity contribution in [1.82, 2.24) is 0 Å². The van der Waals surface area contributed by atoms with E-state index in [4.69, 9.17) is 15.3 Å². The highest BCUT2D eigenvalue weighted by Gasteiger charge is 1.65. The number of carboxylic acids is 1. The fraction of sp³-hybridized carbons (Fsp3) is 0.200. The van der Waals surface area contributed by atoms with Crippen LogP contribution in [-0.4, -0.2) is 17.3 Å². The Morgan fingerprint density at radius 3 is 2.00 bits per heavy atom. The average Bonchev–Trinajstić information content (AvgIpc) is 1.65. The van der Waals surface area contributed by atoms with Gasteiger partial charge in [-0.25, -0.2) is 0 Å². The lowest BCUT2D eigenvalue weighted by Crippen LogP contribution is -1.78. The van der Waals surface area contributed by atoms with E-state index in [-0.39, 0.29) is 0 Å². The SMILES string of the molecule is C=CC=N.CC(=O)O. The molecule has 0 aliphatic heterocycles. The summed E-state index contributed by atoms with van der Waals surface area (Å²) in [7, 11) is 0. The summed E-state index contributed by atoms with van der Waals surface area (Å²) in [6.45, 7) is 4.32. The van der Waals surface area contributed by atoms with Gasteiger partial charge in [-0.15, -0.1) is 0 Å². The van der Waals surface area contributed by atoms with E-state index in [9.17, 15) is 0 Å². The molecule has 0 atom stereocenters. The first kappa shape index (κ1) is 9.99. The number of aliphatic carboxylic acids is 1. The van der Waals surface area contributed by atoms with Crippen LogP contribution in [0.4, 0.5) is 0 Å². The minimum Gasteiger partial charge on any atom is -0.481 e. The van der Waals surface area contributed by atoms with E-state index in [0.717, 1.165) is 13.1 Å². The zero-order valence-corrected chi connectivity index (χ0v) is 4.72. The van der Waals surface area contributed by atoms with Crippen LogP contribution in [0.5, 0.6) is 0 Å². The summed E-state index contributed by atoms with van der Waals surface area (Å²) in [4.78, 5) is 9.00. The molecule has 0 bridgehead atoms. The van der Waals surface area contributed by atoms with Crippen LogP contribution in [0.1, 0.15) is 6.92 Å². The molecular weight excluding hydrogens is 106 g/mol. The van der Waals surface area contributed by atoms with Crippen LogP contribution >= 0.6 is 0 Å². The molecule has 0 amide bonds. The summed E-state index contributed by atoms with van der Waals surface area (Å²) in [5.41, 5.74) is 0. The number of carboxylic acid groups (broad SMARTS) is 1. The van der Waals surface area contributed by atoms with E-state index < -0.39 is 5.97 Å². The van der Waals surface area contributed by atoms with Crippen molar-refractivity contribution in [3.05, 3.63) is 12.7 Å². The second-order valence-electron chi connectivity index (χ2n) is 0.921.